The number of hydrogen-bond acceptors (Lipinski definition) is 5. The van der Waals surface area contributed by atoms with Gasteiger partial charge in [-0.2, -0.15) is 21.6 Å². The summed E-state index contributed by atoms with van der Waals surface area (Å²) in [5, 5.41) is 0. The molecule has 1 rings (SSSR count). The Morgan fingerprint density at radius 1 is 1.23 bits per heavy atom. The largest absolute Gasteiger partial charge is 0.534 e. The van der Waals surface area contributed by atoms with Crippen LogP contribution in [0.15, 0.2) is 11.6 Å². The molecule has 0 bridgehead atoms. The summed E-state index contributed by atoms with van der Waals surface area (Å²) in [6.45, 7) is 3.81. The van der Waals surface area contributed by atoms with E-state index in [4.69, 9.17) is 4.74 Å². The third kappa shape index (κ3) is 4.75. The van der Waals surface area contributed by atoms with Gasteiger partial charge >= 0.3 is 21.7 Å². The lowest BCUT2D eigenvalue weighted by molar-refractivity contribution is -0.0527. The standard InChI is InChI=1S/C11H15F4NO5S/c1-10(2,3)20-9(17)16-5-4-8(7(12)6-16)21-22(18,19)11(13,14)15/h4-6H2,1-3H3. The van der Waals surface area contributed by atoms with Crippen LogP contribution in [0.25, 0.3) is 0 Å². The SMILES string of the molecule is CC(C)(C)OC(=O)N1CCC(OS(=O)(=O)C(F)(F)F)=C(F)C1. The van der Waals surface area contributed by atoms with E-state index < -0.39 is 51.9 Å². The van der Waals surface area contributed by atoms with Gasteiger partial charge in [-0.1, -0.05) is 0 Å². The Morgan fingerprint density at radius 3 is 2.18 bits per heavy atom. The van der Waals surface area contributed by atoms with Crippen molar-refractivity contribution in [2.75, 3.05) is 13.1 Å². The first-order valence-corrected chi connectivity index (χ1v) is 7.50. The average Bonchev–Trinajstić information content (AvgIpc) is 2.27. The summed E-state index contributed by atoms with van der Waals surface area (Å²) < 4.78 is 80.5. The summed E-state index contributed by atoms with van der Waals surface area (Å²) in [4.78, 5) is 12.6. The van der Waals surface area contributed by atoms with Gasteiger partial charge < -0.3 is 13.8 Å². The topological polar surface area (TPSA) is 72.9 Å². The molecule has 0 fully saturated rings. The molecule has 128 valence electrons. The number of amides is 1. The first kappa shape index (κ1) is 18.5. The van der Waals surface area contributed by atoms with Gasteiger partial charge in [0.15, 0.2) is 11.6 Å². The number of carbonyl (C=O) groups excluding carboxylic acids is 1. The maximum atomic E-state index is 13.7. The Hall–Kier alpha value is -1.52. The van der Waals surface area contributed by atoms with Crippen molar-refractivity contribution in [1.82, 2.24) is 4.90 Å². The predicted molar refractivity (Wildman–Crippen MR) is 66.6 cm³/mol. The molecule has 0 radical (unpaired) electrons. The van der Waals surface area contributed by atoms with Crippen molar-refractivity contribution in [3.05, 3.63) is 11.6 Å². The van der Waals surface area contributed by atoms with Gasteiger partial charge in [-0.25, -0.2) is 9.18 Å². The van der Waals surface area contributed by atoms with E-state index in [1.165, 1.54) is 0 Å². The van der Waals surface area contributed by atoms with Gasteiger partial charge in [0.2, 0.25) is 0 Å². The van der Waals surface area contributed by atoms with E-state index in [2.05, 4.69) is 4.18 Å². The summed E-state index contributed by atoms with van der Waals surface area (Å²) >= 11 is 0. The highest BCUT2D eigenvalue weighted by atomic mass is 32.2. The molecule has 0 saturated heterocycles. The Bertz CT molecular complexity index is 576. The molecule has 0 spiro atoms. The molecular weight excluding hydrogens is 334 g/mol. The Kier molecular flexibility index (Phi) is 5.00. The smallest absolute Gasteiger partial charge is 0.444 e. The second-order valence-electron chi connectivity index (χ2n) is 5.46. The second kappa shape index (κ2) is 5.94. The molecule has 0 aromatic rings. The minimum Gasteiger partial charge on any atom is -0.444 e. The predicted octanol–water partition coefficient (Wildman–Crippen LogP) is 2.67. The number of hydrogen-bond donors (Lipinski definition) is 0. The lowest BCUT2D eigenvalue weighted by Crippen LogP contribution is -2.41. The van der Waals surface area contributed by atoms with E-state index >= 15 is 0 Å². The van der Waals surface area contributed by atoms with Gasteiger partial charge in [0.05, 0.1) is 6.54 Å². The number of halogens is 4. The number of ether oxygens (including phenoxy) is 1. The summed E-state index contributed by atoms with van der Waals surface area (Å²) in [6.07, 6.45) is -1.37. The number of nitrogens with zero attached hydrogens (tertiary/aromatic N) is 1. The molecular formula is C11H15F4NO5S. The molecule has 1 heterocycles. The van der Waals surface area contributed by atoms with Crippen molar-refractivity contribution in [3.63, 3.8) is 0 Å². The van der Waals surface area contributed by atoms with Crippen LogP contribution in [0.3, 0.4) is 0 Å². The summed E-state index contributed by atoms with van der Waals surface area (Å²) in [7, 11) is -5.93. The van der Waals surface area contributed by atoms with E-state index in [0.29, 0.717) is 0 Å². The lowest BCUT2D eigenvalue weighted by atomic mass is 10.2. The van der Waals surface area contributed by atoms with E-state index in [1.54, 1.807) is 20.8 Å². The highest BCUT2D eigenvalue weighted by molar-refractivity contribution is 7.87. The Labute approximate surface area is 124 Å². The Morgan fingerprint density at radius 2 is 1.77 bits per heavy atom. The fourth-order valence-corrected chi connectivity index (χ4v) is 1.99. The molecule has 22 heavy (non-hydrogen) atoms. The zero-order chi connectivity index (χ0) is 17.3. The van der Waals surface area contributed by atoms with Crippen LogP contribution in [0, 0.1) is 0 Å². The van der Waals surface area contributed by atoms with Crippen LogP contribution in [0.5, 0.6) is 0 Å². The molecule has 1 amide bonds. The molecule has 1 aliphatic heterocycles. The van der Waals surface area contributed by atoms with Gasteiger partial charge in [0.25, 0.3) is 0 Å². The van der Waals surface area contributed by atoms with Gasteiger partial charge in [-0.3, -0.25) is 0 Å². The number of alkyl halides is 3. The normalized spacial score (nSPS) is 17.5. The van der Waals surface area contributed by atoms with Crippen molar-refractivity contribution in [1.29, 1.82) is 0 Å². The summed E-state index contributed by atoms with van der Waals surface area (Å²) in [5.74, 6) is -2.23. The third-order valence-corrected chi connectivity index (χ3v) is 3.37. The fourth-order valence-electron chi connectivity index (χ4n) is 1.46. The molecule has 0 aromatic heterocycles. The molecule has 6 nitrogen and oxygen atoms in total. The Balaban J connectivity index is 2.81. The quantitative estimate of drug-likeness (QED) is 0.435. The average molecular weight is 349 g/mol. The zero-order valence-electron chi connectivity index (χ0n) is 12.0. The van der Waals surface area contributed by atoms with Crippen LogP contribution in [0.4, 0.5) is 22.4 Å². The minimum absolute atomic E-state index is 0.231. The third-order valence-electron chi connectivity index (χ3n) is 2.39. The van der Waals surface area contributed by atoms with E-state index in [-0.39, 0.29) is 6.54 Å². The monoisotopic (exact) mass is 349 g/mol. The maximum absolute atomic E-state index is 13.7. The highest BCUT2D eigenvalue weighted by Gasteiger charge is 2.49. The second-order valence-corrected chi connectivity index (χ2v) is 7.00. The van der Waals surface area contributed by atoms with Crippen LogP contribution >= 0.6 is 0 Å². The maximum Gasteiger partial charge on any atom is 0.534 e. The van der Waals surface area contributed by atoms with Crippen molar-refractivity contribution in [3.8, 4) is 0 Å². The first-order chi connectivity index (χ1) is 9.73. The molecule has 0 saturated carbocycles. The van der Waals surface area contributed by atoms with Crippen LogP contribution in [-0.2, 0) is 19.0 Å². The molecule has 11 heteroatoms. The van der Waals surface area contributed by atoms with Crippen LogP contribution in [-0.4, -0.2) is 43.6 Å². The molecule has 0 aliphatic carbocycles. The van der Waals surface area contributed by atoms with Crippen LogP contribution in [0.1, 0.15) is 27.2 Å². The molecule has 0 atom stereocenters. The highest BCUT2D eigenvalue weighted by Crippen LogP contribution is 2.30. The van der Waals surface area contributed by atoms with E-state index in [0.717, 1.165) is 4.90 Å². The fraction of sp³-hybridized carbons (Fsp3) is 0.727. The van der Waals surface area contributed by atoms with Gasteiger partial charge in [0, 0.05) is 13.0 Å². The number of rotatable bonds is 2. The molecule has 0 aromatic carbocycles. The lowest BCUT2D eigenvalue weighted by Gasteiger charge is -2.30. The van der Waals surface area contributed by atoms with Gasteiger partial charge in [-0.15, -0.1) is 0 Å². The minimum atomic E-state index is -5.93. The van der Waals surface area contributed by atoms with Crippen LogP contribution < -0.4 is 0 Å². The van der Waals surface area contributed by atoms with Crippen molar-refractivity contribution in [2.24, 2.45) is 0 Å². The summed E-state index contributed by atoms with van der Waals surface area (Å²) in [6, 6.07) is 0. The van der Waals surface area contributed by atoms with Gasteiger partial charge in [-0.05, 0) is 20.8 Å². The van der Waals surface area contributed by atoms with E-state index in [9.17, 15) is 30.8 Å². The van der Waals surface area contributed by atoms with Crippen molar-refractivity contribution >= 4 is 16.2 Å². The molecule has 0 unspecified atom stereocenters. The first-order valence-electron chi connectivity index (χ1n) is 6.09. The number of carbonyl (C=O) groups is 1. The van der Waals surface area contributed by atoms with Gasteiger partial charge in [0.1, 0.15) is 5.60 Å². The van der Waals surface area contributed by atoms with Crippen molar-refractivity contribution in [2.45, 2.75) is 38.3 Å². The zero-order valence-corrected chi connectivity index (χ0v) is 12.8. The molecule has 0 N–H and O–H groups in total. The summed E-state index contributed by atoms with van der Waals surface area (Å²) in [5.41, 5.74) is -6.48. The van der Waals surface area contributed by atoms with E-state index in [1.807, 2.05) is 0 Å². The van der Waals surface area contributed by atoms with Crippen LogP contribution in [0.2, 0.25) is 0 Å². The molecule has 1 aliphatic rings. The van der Waals surface area contributed by atoms with Crippen molar-refractivity contribution < 1.29 is 39.7 Å².